The SMILES string of the molecule is Cc1nc2nccc(CN(C)CCNCC(C)C)c2[nH]1. The molecule has 0 aliphatic rings. The van der Waals surface area contributed by atoms with E-state index in [9.17, 15) is 0 Å². The van der Waals surface area contributed by atoms with Gasteiger partial charge in [-0.3, -0.25) is 0 Å². The molecule has 0 unspecified atom stereocenters. The van der Waals surface area contributed by atoms with Gasteiger partial charge in [0.15, 0.2) is 5.65 Å². The van der Waals surface area contributed by atoms with Crippen LogP contribution in [0.25, 0.3) is 11.2 Å². The van der Waals surface area contributed by atoms with E-state index in [1.54, 1.807) is 0 Å². The number of nitrogens with zero attached hydrogens (tertiary/aromatic N) is 3. The molecule has 0 aliphatic heterocycles. The number of imidazole rings is 1. The first-order valence-corrected chi connectivity index (χ1v) is 7.25. The van der Waals surface area contributed by atoms with Crippen LogP contribution in [0, 0.1) is 12.8 Å². The first-order chi connectivity index (χ1) is 9.56. The van der Waals surface area contributed by atoms with Crippen molar-refractivity contribution in [3.8, 4) is 0 Å². The molecule has 2 rings (SSSR count). The van der Waals surface area contributed by atoms with Gasteiger partial charge in [-0.25, -0.2) is 9.97 Å². The molecule has 0 aromatic carbocycles. The zero-order valence-corrected chi connectivity index (χ0v) is 12.9. The number of aromatic nitrogens is 3. The summed E-state index contributed by atoms with van der Waals surface area (Å²) in [7, 11) is 2.15. The van der Waals surface area contributed by atoms with Crippen molar-refractivity contribution in [3.05, 3.63) is 23.7 Å². The van der Waals surface area contributed by atoms with E-state index in [1.165, 1.54) is 5.56 Å². The number of aromatic amines is 1. The zero-order chi connectivity index (χ0) is 14.5. The van der Waals surface area contributed by atoms with Gasteiger partial charge in [-0.2, -0.15) is 0 Å². The Kier molecular flexibility index (Phi) is 5.09. The second-order valence-corrected chi connectivity index (χ2v) is 5.83. The van der Waals surface area contributed by atoms with Crippen molar-refractivity contribution in [1.29, 1.82) is 0 Å². The molecule has 2 N–H and O–H groups in total. The monoisotopic (exact) mass is 275 g/mol. The maximum absolute atomic E-state index is 4.38. The maximum atomic E-state index is 4.38. The van der Waals surface area contributed by atoms with Gasteiger partial charge in [-0.15, -0.1) is 0 Å². The van der Waals surface area contributed by atoms with Crippen LogP contribution in [0.1, 0.15) is 25.2 Å². The average molecular weight is 275 g/mol. The Morgan fingerprint density at radius 3 is 2.95 bits per heavy atom. The molecular formula is C15H25N5. The number of fused-ring (bicyclic) bond motifs is 1. The lowest BCUT2D eigenvalue weighted by atomic mass is 10.2. The molecule has 0 atom stereocenters. The Balaban J connectivity index is 1.91. The molecule has 2 aromatic heterocycles. The van der Waals surface area contributed by atoms with Gasteiger partial charge in [-0.05, 0) is 38.1 Å². The third kappa shape index (κ3) is 4.02. The highest BCUT2D eigenvalue weighted by atomic mass is 15.1. The van der Waals surface area contributed by atoms with Gasteiger partial charge >= 0.3 is 0 Å². The molecule has 0 aliphatic carbocycles. The maximum Gasteiger partial charge on any atom is 0.177 e. The number of H-pyrrole nitrogens is 1. The molecule has 0 spiro atoms. The molecule has 2 heterocycles. The summed E-state index contributed by atoms with van der Waals surface area (Å²) in [5.41, 5.74) is 3.13. The highest BCUT2D eigenvalue weighted by molar-refractivity contribution is 5.74. The van der Waals surface area contributed by atoms with Gasteiger partial charge in [0.05, 0.1) is 5.52 Å². The Hall–Kier alpha value is -1.46. The van der Waals surface area contributed by atoms with Gasteiger partial charge in [0.25, 0.3) is 0 Å². The van der Waals surface area contributed by atoms with Gasteiger partial charge in [0, 0.05) is 25.8 Å². The minimum Gasteiger partial charge on any atom is -0.341 e. The third-order valence-electron chi connectivity index (χ3n) is 3.26. The fourth-order valence-electron chi connectivity index (χ4n) is 2.24. The molecule has 0 bridgehead atoms. The van der Waals surface area contributed by atoms with Crippen LogP contribution in [0.4, 0.5) is 0 Å². The fourth-order valence-corrected chi connectivity index (χ4v) is 2.24. The summed E-state index contributed by atoms with van der Waals surface area (Å²) in [4.78, 5) is 14.3. The van der Waals surface area contributed by atoms with Gasteiger partial charge in [0.1, 0.15) is 5.82 Å². The summed E-state index contributed by atoms with van der Waals surface area (Å²) in [5.74, 6) is 1.62. The first-order valence-electron chi connectivity index (χ1n) is 7.25. The van der Waals surface area contributed by atoms with E-state index < -0.39 is 0 Å². The molecular weight excluding hydrogens is 250 g/mol. The lowest BCUT2D eigenvalue weighted by molar-refractivity contribution is 0.322. The predicted molar refractivity (Wildman–Crippen MR) is 82.7 cm³/mol. The van der Waals surface area contributed by atoms with E-state index in [0.29, 0.717) is 5.92 Å². The Bertz CT molecular complexity index is 546. The van der Waals surface area contributed by atoms with Crippen molar-refractivity contribution in [2.45, 2.75) is 27.3 Å². The predicted octanol–water partition coefficient (Wildman–Crippen LogP) is 1.94. The van der Waals surface area contributed by atoms with Gasteiger partial charge < -0.3 is 15.2 Å². The number of rotatable bonds is 7. The smallest absolute Gasteiger partial charge is 0.177 e. The molecule has 0 saturated carbocycles. The van der Waals surface area contributed by atoms with Crippen LogP contribution in [0.2, 0.25) is 0 Å². The topological polar surface area (TPSA) is 56.8 Å². The zero-order valence-electron chi connectivity index (χ0n) is 12.9. The quantitative estimate of drug-likeness (QED) is 0.758. The van der Waals surface area contributed by atoms with E-state index in [4.69, 9.17) is 0 Å². The molecule has 0 amide bonds. The molecule has 0 fully saturated rings. The van der Waals surface area contributed by atoms with Crippen molar-refractivity contribution in [2.24, 2.45) is 5.92 Å². The van der Waals surface area contributed by atoms with Crippen LogP contribution < -0.4 is 5.32 Å². The lowest BCUT2D eigenvalue weighted by Crippen LogP contribution is -2.30. The number of aryl methyl sites for hydroxylation is 1. The van der Waals surface area contributed by atoms with Crippen molar-refractivity contribution < 1.29 is 0 Å². The highest BCUT2D eigenvalue weighted by Crippen LogP contribution is 2.15. The molecule has 5 nitrogen and oxygen atoms in total. The largest absolute Gasteiger partial charge is 0.341 e. The van der Waals surface area contributed by atoms with Crippen molar-refractivity contribution in [1.82, 2.24) is 25.2 Å². The molecule has 0 saturated heterocycles. The van der Waals surface area contributed by atoms with E-state index in [2.05, 4.69) is 52.1 Å². The summed E-state index contributed by atoms with van der Waals surface area (Å²) < 4.78 is 0. The van der Waals surface area contributed by atoms with Crippen LogP contribution in [0.3, 0.4) is 0 Å². The fraction of sp³-hybridized carbons (Fsp3) is 0.600. The van der Waals surface area contributed by atoms with E-state index >= 15 is 0 Å². The van der Waals surface area contributed by atoms with E-state index in [0.717, 1.165) is 43.2 Å². The third-order valence-corrected chi connectivity index (χ3v) is 3.26. The number of nitrogens with one attached hydrogen (secondary N) is 2. The molecule has 2 aromatic rings. The summed E-state index contributed by atoms with van der Waals surface area (Å²) in [5, 5.41) is 3.47. The summed E-state index contributed by atoms with van der Waals surface area (Å²) in [6, 6.07) is 2.07. The summed E-state index contributed by atoms with van der Waals surface area (Å²) in [6.45, 7) is 10.5. The Morgan fingerprint density at radius 1 is 1.40 bits per heavy atom. The van der Waals surface area contributed by atoms with Crippen LogP contribution in [0.5, 0.6) is 0 Å². The number of likely N-dealkylation sites (N-methyl/N-ethyl adjacent to an activating group) is 1. The summed E-state index contributed by atoms with van der Waals surface area (Å²) in [6.07, 6.45) is 1.84. The van der Waals surface area contributed by atoms with Crippen LogP contribution in [-0.2, 0) is 6.54 Å². The lowest BCUT2D eigenvalue weighted by Gasteiger charge is -2.17. The molecule has 20 heavy (non-hydrogen) atoms. The number of pyridine rings is 1. The minimum atomic E-state index is 0.702. The van der Waals surface area contributed by atoms with Gasteiger partial charge in [0.2, 0.25) is 0 Å². The number of hydrogen-bond acceptors (Lipinski definition) is 4. The molecule has 0 radical (unpaired) electrons. The van der Waals surface area contributed by atoms with Crippen LogP contribution in [-0.4, -0.2) is 46.5 Å². The minimum absolute atomic E-state index is 0.702. The van der Waals surface area contributed by atoms with Crippen LogP contribution >= 0.6 is 0 Å². The highest BCUT2D eigenvalue weighted by Gasteiger charge is 2.08. The normalized spacial score (nSPS) is 11.9. The van der Waals surface area contributed by atoms with Crippen molar-refractivity contribution in [2.75, 3.05) is 26.7 Å². The van der Waals surface area contributed by atoms with E-state index in [-0.39, 0.29) is 0 Å². The second kappa shape index (κ2) is 6.81. The number of hydrogen-bond donors (Lipinski definition) is 2. The standard InChI is InChI=1S/C15H25N5/c1-11(2)9-16-7-8-20(4)10-13-5-6-17-15-14(13)18-12(3)19-15/h5-6,11,16H,7-10H2,1-4H3,(H,17,18,19). The molecule has 110 valence electrons. The Morgan fingerprint density at radius 2 is 2.20 bits per heavy atom. The van der Waals surface area contributed by atoms with Crippen molar-refractivity contribution >= 4 is 11.2 Å². The first kappa shape index (κ1) is 14.9. The molecule has 5 heteroatoms. The Labute approximate surface area is 120 Å². The van der Waals surface area contributed by atoms with E-state index in [1.807, 2.05) is 13.1 Å². The summed E-state index contributed by atoms with van der Waals surface area (Å²) >= 11 is 0. The van der Waals surface area contributed by atoms with Gasteiger partial charge in [-0.1, -0.05) is 13.8 Å². The second-order valence-electron chi connectivity index (χ2n) is 5.83. The van der Waals surface area contributed by atoms with Crippen molar-refractivity contribution in [3.63, 3.8) is 0 Å². The average Bonchev–Trinajstić information content (AvgIpc) is 2.76. The van der Waals surface area contributed by atoms with Crippen LogP contribution in [0.15, 0.2) is 12.3 Å².